The minimum atomic E-state index is -0.0468. The van der Waals surface area contributed by atoms with Crippen molar-refractivity contribution >= 4 is 6.03 Å². The monoisotopic (exact) mass is 329 g/mol. The van der Waals surface area contributed by atoms with Gasteiger partial charge in [-0.2, -0.15) is 0 Å². The Morgan fingerprint density at radius 1 is 1.46 bits per heavy atom. The summed E-state index contributed by atoms with van der Waals surface area (Å²) in [4.78, 5) is 14.3. The molecule has 0 spiro atoms. The van der Waals surface area contributed by atoms with E-state index in [0.717, 1.165) is 48.6 Å². The second kappa shape index (κ2) is 7.38. The Hall–Kier alpha value is -2.50. The summed E-state index contributed by atoms with van der Waals surface area (Å²) in [5.74, 6) is 1.60. The third-order valence-corrected chi connectivity index (χ3v) is 4.31. The van der Waals surface area contributed by atoms with E-state index < -0.39 is 0 Å². The molecule has 1 aliphatic rings. The van der Waals surface area contributed by atoms with Crippen LogP contribution < -0.4 is 10.1 Å². The van der Waals surface area contributed by atoms with E-state index in [1.54, 1.807) is 7.11 Å². The van der Waals surface area contributed by atoms with Crippen LogP contribution in [0.5, 0.6) is 5.75 Å². The maximum atomic E-state index is 12.5. The number of hydrogen-bond acceptors (Lipinski definition) is 4. The fraction of sp³-hybridized carbons (Fsp3) is 0.444. The quantitative estimate of drug-likeness (QED) is 0.915. The zero-order valence-corrected chi connectivity index (χ0v) is 14.1. The van der Waals surface area contributed by atoms with Crippen LogP contribution >= 0.6 is 0 Å². The van der Waals surface area contributed by atoms with Gasteiger partial charge in [0.15, 0.2) is 5.76 Å². The molecule has 2 aromatic rings. The number of carbonyl (C=O) groups is 1. The van der Waals surface area contributed by atoms with Gasteiger partial charge in [0.05, 0.1) is 18.8 Å². The molecular formula is C18H23N3O3. The molecule has 2 amide bonds. The number of benzene rings is 1. The second-order valence-corrected chi connectivity index (χ2v) is 6.06. The summed E-state index contributed by atoms with van der Waals surface area (Å²) in [6.07, 6.45) is 2.66. The van der Waals surface area contributed by atoms with Crippen molar-refractivity contribution in [2.75, 3.05) is 20.2 Å². The first-order valence-corrected chi connectivity index (χ1v) is 8.28. The molecule has 0 saturated carbocycles. The van der Waals surface area contributed by atoms with E-state index in [1.165, 1.54) is 0 Å². The molecule has 1 aromatic carbocycles. The molecule has 0 aliphatic carbocycles. The van der Waals surface area contributed by atoms with Crippen molar-refractivity contribution in [1.29, 1.82) is 0 Å². The molecule has 1 N–H and O–H groups in total. The van der Waals surface area contributed by atoms with Crippen LogP contribution in [-0.2, 0) is 6.42 Å². The summed E-state index contributed by atoms with van der Waals surface area (Å²) >= 11 is 0. The zero-order valence-electron chi connectivity index (χ0n) is 14.1. The van der Waals surface area contributed by atoms with E-state index in [9.17, 15) is 4.79 Å². The van der Waals surface area contributed by atoms with Crippen molar-refractivity contribution in [2.45, 2.75) is 32.2 Å². The van der Waals surface area contributed by atoms with Gasteiger partial charge in [0.2, 0.25) is 0 Å². The summed E-state index contributed by atoms with van der Waals surface area (Å²) < 4.78 is 10.6. The highest BCUT2D eigenvalue weighted by Gasteiger charge is 2.32. The van der Waals surface area contributed by atoms with E-state index in [-0.39, 0.29) is 12.1 Å². The molecule has 0 unspecified atom stereocenters. The van der Waals surface area contributed by atoms with Gasteiger partial charge >= 0.3 is 6.03 Å². The predicted octanol–water partition coefficient (Wildman–Crippen LogP) is 3.08. The highest BCUT2D eigenvalue weighted by atomic mass is 16.5. The van der Waals surface area contributed by atoms with E-state index in [2.05, 4.69) is 10.5 Å². The van der Waals surface area contributed by atoms with Gasteiger partial charge in [0.25, 0.3) is 0 Å². The zero-order chi connectivity index (χ0) is 16.9. The van der Waals surface area contributed by atoms with Gasteiger partial charge in [0, 0.05) is 19.2 Å². The third-order valence-electron chi connectivity index (χ3n) is 4.31. The Morgan fingerprint density at radius 3 is 3.08 bits per heavy atom. The number of carbonyl (C=O) groups excluding carboxylic acids is 1. The number of hydrogen-bond donors (Lipinski definition) is 1. The average Bonchev–Trinajstić information content (AvgIpc) is 3.23. The first-order valence-electron chi connectivity index (χ1n) is 8.28. The van der Waals surface area contributed by atoms with Crippen molar-refractivity contribution in [3.05, 3.63) is 47.3 Å². The molecule has 1 aliphatic heterocycles. The number of aryl methyl sites for hydroxylation is 1. The lowest BCUT2D eigenvalue weighted by Crippen LogP contribution is -2.40. The lowest BCUT2D eigenvalue weighted by molar-refractivity contribution is 0.182. The fourth-order valence-electron chi connectivity index (χ4n) is 3.09. The SMILES string of the molecule is COc1cccc(CCNC(=O)N2CCC[C@H]2c2cc(C)no2)c1. The Kier molecular flexibility index (Phi) is 5.03. The summed E-state index contributed by atoms with van der Waals surface area (Å²) in [6.45, 7) is 3.22. The Bertz CT molecular complexity index is 698. The molecule has 2 heterocycles. The molecular weight excluding hydrogens is 306 g/mol. The standard InChI is InChI=1S/C18H23N3O3/c1-13-11-17(24-20-13)16-7-4-10-21(16)18(22)19-9-8-14-5-3-6-15(12-14)23-2/h3,5-6,11-12,16H,4,7-10H2,1-2H3,(H,19,22)/t16-/m0/s1. The first kappa shape index (κ1) is 16.4. The summed E-state index contributed by atoms with van der Waals surface area (Å²) in [7, 11) is 1.65. The van der Waals surface area contributed by atoms with Crippen molar-refractivity contribution in [1.82, 2.24) is 15.4 Å². The lowest BCUT2D eigenvalue weighted by Gasteiger charge is -2.23. The molecule has 0 radical (unpaired) electrons. The number of methoxy groups -OCH3 is 1. The van der Waals surface area contributed by atoms with Crippen molar-refractivity contribution in [3.63, 3.8) is 0 Å². The number of ether oxygens (including phenoxy) is 1. The van der Waals surface area contributed by atoms with Gasteiger partial charge in [-0.25, -0.2) is 4.79 Å². The van der Waals surface area contributed by atoms with E-state index in [1.807, 2.05) is 42.2 Å². The van der Waals surface area contributed by atoms with E-state index in [4.69, 9.17) is 9.26 Å². The number of nitrogens with one attached hydrogen (secondary N) is 1. The number of amides is 2. The molecule has 1 saturated heterocycles. The molecule has 6 nitrogen and oxygen atoms in total. The van der Waals surface area contributed by atoms with Crippen LogP contribution in [0.1, 0.15) is 35.9 Å². The largest absolute Gasteiger partial charge is 0.497 e. The third kappa shape index (κ3) is 3.69. The molecule has 1 aromatic heterocycles. The van der Waals surface area contributed by atoms with Crippen LogP contribution in [-0.4, -0.2) is 36.3 Å². The number of rotatable bonds is 5. The number of aromatic nitrogens is 1. The van der Waals surface area contributed by atoms with E-state index in [0.29, 0.717) is 6.54 Å². The highest BCUT2D eigenvalue weighted by Crippen LogP contribution is 2.32. The average molecular weight is 329 g/mol. The predicted molar refractivity (Wildman–Crippen MR) is 90.0 cm³/mol. The smallest absolute Gasteiger partial charge is 0.318 e. The summed E-state index contributed by atoms with van der Waals surface area (Å²) in [6, 6.07) is 9.74. The minimum Gasteiger partial charge on any atom is -0.497 e. The van der Waals surface area contributed by atoms with Crippen molar-refractivity contribution in [2.24, 2.45) is 0 Å². The number of urea groups is 1. The summed E-state index contributed by atoms with van der Waals surface area (Å²) in [5, 5.41) is 6.93. The molecule has 128 valence electrons. The Morgan fingerprint density at radius 2 is 2.33 bits per heavy atom. The topological polar surface area (TPSA) is 67.6 Å². The van der Waals surface area contributed by atoms with Crippen LogP contribution in [0.4, 0.5) is 4.79 Å². The lowest BCUT2D eigenvalue weighted by atomic mass is 10.1. The van der Waals surface area contributed by atoms with Crippen LogP contribution in [0.15, 0.2) is 34.9 Å². The van der Waals surface area contributed by atoms with Gasteiger partial charge < -0.3 is 19.5 Å². The summed E-state index contributed by atoms with van der Waals surface area (Å²) in [5.41, 5.74) is 1.98. The van der Waals surface area contributed by atoms with Crippen LogP contribution in [0, 0.1) is 6.92 Å². The molecule has 0 bridgehead atoms. The van der Waals surface area contributed by atoms with Crippen LogP contribution in [0.3, 0.4) is 0 Å². The number of likely N-dealkylation sites (tertiary alicyclic amines) is 1. The Balaban J connectivity index is 1.54. The van der Waals surface area contributed by atoms with Crippen molar-refractivity contribution in [3.8, 4) is 5.75 Å². The molecule has 1 fully saturated rings. The van der Waals surface area contributed by atoms with Gasteiger partial charge in [-0.1, -0.05) is 17.3 Å². The van der Waals surface area contributed by atoms with Crippen LogP contribution in [0.25, 0.3) is 0 Å². The fourth-order valence-corrected chi connectivity index (χ4v) is 3.09. The van der Waals surface area contributed by atoms with Crippen LogP contribution in [0.2, 0.25) is 0 Å². The maximum Gasteiger partial charge on any atom is 0.318 e. The van der Waals surface area contributed by atoms with Gasteiger partial charge in [-0.05, 0) is 43.9 Å². The number of nitrogens with zero attached hydrogens (tertiary/aromatic N) is 2. The van der Waals surface area contributed by atoms with Gasteiger partial charge in [-0.3, -0.25) is 0 Å². The highest BCUT2D eigenvalue weighted by molar-refractivity contribution is 5.75. The first-order chi connectivity index (χ1) is 11.7. The maximum absolute atomic E-state index is 12.5. The molecule has 24 heavy (non-hydrogen) atoms. The normalized spacial score (nSPS) is 17.1. The second-order valence-electron chi connectivity index (χ2n) is 6.06. The van der Waals surface area contributed by atoms with Gasteiger partial charge in [-0.15, -0.1) is 0 Å². The van der Waals surface area contributed by atoms with Crippen molar-refractivity contribution < 1.29 is 14.1 Å². The molecule has 6 heteroatoms. The van der Waals surface area contributed by atoms with Gasteiger partial charge in [0.1, 0.15) is 5.75 Å². The van der Waals surface area contributed by atoms with E-state index >= 15 is 0 Å². The molecule has 3 rings (SSSR count). The Labute approximate surface area is 141 Å². The molecule has 1 atom stereocenters. The minimum absolute atomic E-state index is 0.0111.